The third-order valence-electron chi connectivity index (χ3n) is 4.50. The summed E-state index contributed by atoms with van der Waals surface area (Å²) in [5, 5.41) is 0.205. The summed E-state index contributed by atoms with van der Waals surface area (Å²) in [6, 6.07) is 6.31. The van der Waals surface area contributed by atoms with Gasteiger partial charge in [-0.05, 0) is 44.0 Å². The second kappa shape index (κ2) is 5.29. The van der Waals surface area contributed by atoms with E-state index in [2.05, 4.69) is 16.7 Å². The normalized spacial score (nSPS) is 27.6. The quantitative estimate of drug-likeness (QED) is 0.819. The molecule has 2 atom stereocenters. The molecule has 2 heterocycles. The fraction of sp³-hybridized carbons (Fsp3) is 0.600. The van der Waals surface area contributed by atoms with Crippen LogP contribution < -0.4 is 4.90 Å². The van der Waals surface area contributed by atoms with E-state index < -0.39 is 0 Å². The molecule has 0 saturated carbocycles. The molecule has 1 aromatic carbocycles. The van der Waals surface area contributed by atoms with Crippen molar-refractivity contribution in [1.82, 2.24) is 4.90 Å². The van der Waals surface area contributed by atoms with E-state index in [0.717, 1.165) is 25.2 Å². The molecule has 2 aliphatic rings. The van der Waals surface area contributed by atoms with E-state index in [-0.39, 0.29) is 10.8 Å². The number of hydrogen-bond acceptors (Lipinski definition) is 2. The Labute approximate surface area is 119 Å². The summed E-state index contributed by atoms with van der Waals surface area (Å²) < 4.78 is 13.7. The van der Waals surface area contributed by atoms with Gasteiger partial charge in [0.15, 0.2) is 0 Å². The van der Waals surface area contributed by atoms with Crippen LogP contribution in [0.5, 0.6) is 0 Å². The van der Waals surface area contributed by atoms with Crippen LogP contribution in [0.4, 0.5) is 10.1 Å². The molecule has 2 unspecified atom stereocenters. The van der Waals surface area contributed by atoms with Crippen LogP contribution in [-0.4, -0.2) is 36.6 Å². The third kappa shape index (κ3) is 2.46. The van der Waals surface area contributed by atoms with Gasteiger partial charge in [0.25, 0.3) is 0 Å². The molecule has 0 radical (unpaired) electrons. The Morgan fingerprint density at radius 2 is 2.21 bits per heavy atom. The first-order chi connectivity index (χ1) is 9.19. The minimum atomic E-state index is -0.317. The highest BCUT2D eigenvalue weighted by atomic mass is 35.5. The van der Waals surface area contributed by atoms with Crippen LogP contribution in [0.15, 0.2) is 18.2 Å². The van der Waals surface area contributed by atoms with Crippen LogP contribution in [0.3, 0.4) is 0 Å². The van der Waals surface area contributed by atoms with Crippen molar-refractivity contribution in [3.63, 3.8) is 0 Å². The van der Waals surface area contributed by atoms with Crippen LogP contribution in [0, 0.1) is 5.82 Å². The van der Waals surface area contributed by atoms with Crippen molar-refractivity contribution in [3.05, 3.63) is 29.0 Å². The Balaban J connectivity index is 1.86. The molecular formula is C15H20ClFN2. The van der Waals surface area contributed by atoms with Gasteiger partial charge >= 0.3 is 0 Å². The summed E-state index contributed by atoms with van der Waals surface area (Å²) in [4.78, 5) is 4.96. The predicted octanol–water partition coefficient (Wildman–Crippen LogP) is 3.54. The first-order valence-corrected chi connectivity index (χ1v) is 7.52. The molecule has 2 saturated heterocycles. The summed E-state index contributed by atoms with van der Waals surface area (Å²) in [5.41, 5.74) is 0.973. The number of hydrogen-bond donors (Lipinski definition) is 0. The summed E-state index contributed by atoms with van der Waals surface area (Å²) >= 11 is 5.78. The zero-order chi connectivity index (χ0) is 13.4. The van der Waals surface area contributed by atoms with Crippen LogP contribution in [0.1, 0.15) is 26.2 Å². The molecule has 0 N–H and O–H groups in total. The highest BCUT2D eigenvalue weighted by molar-refractivity contribution is 6.30. The van der Waals surface area contributed by atoms with Crippen molar-refractivity contribution in [3.8, 4) is 0 Å². The second-order valence-electron chi connectivity index (χ2n) is 5.60. The van der Waals surface area contributed by atoms with Crippen molar-refractivity contribution in [2.45, 2.75) is 38.3 Å². The first-order valence-electron chi connectivity index (χ1n) is 7.14. The minimum Gasteiger partial charge on any atom is -0.366 e. The van der Waals surface area contributed by atoms with Crippen molar-refractivity contribution in [1.29, 1.82) is 0 Å². The van der Waals surface area contributed by atoms with Crippen LogP contribution >= 0.6 is 11.6 Å². The summed E-state index contributed by atoms with van der Waals surface area (Å²) in [6.07, 6.45) is 3.65. The first kappa shape index (κ1) is 13.2. The van der Waals surface area contributed by atoms with Gasteiger partial charge in [-0.2, -0.15) is 0 Å². The lowest BCUT2D eigenvalue weighted by Gasteiger charge is -2.45. The maximum atomic E-state index is 13.7. The molecule has 0 bridgehead atoms. The monoisotopic (exact) mass is 282 g/mol. The Bertz CT molecular complexity index is 465. The molecule has 19 heavy (non-hydrogen) atoms. The van der Waals surface area contributed by atoms with Gasteiger partial charge in [-0.3, -0.25) is 4.90 Å². The molecule has 1 aromatic rings. The van der Waals surface area contributed by atoms with Crippen LogP contribution in [0.2, 0.25) is 5.02 Å². The SMILES string of the molecule is CCC1CN2CCCC2CN1c1ccc(Cl)c(F)c1. The highest BCUT2D eigenvalue weighted by Gasteiger charge is 2.35. The Kier molecular flexibility index (Phi) is 3.68. The molecule has 0 aromatic heterocycles. The molecule has 104 valence electrons. The number of piperazine rings is 1. The second-order valence-corrected chi connectivity index (χ2v) is 6.01. The smallest absolute Gasteiger partial charge is 0.143 e. The lowest BCUT2D eigenvalue weighted by Crippen LogP contribution is -2.56. The van der Waals surface area contributed by atoms with E-state index in [0.29, 0.717) is 12.1 Å². The van der Waals surface area contributed by atoms with Crippen molar-refractivity contribution >= 4 is 17.3 Å². The van der Waals surface area contributed by atoms with Crippen molar-refractivity contribution in [2.75, 3.05) is 24.5 Å². The Morgan fingerprint density at radius 1 is 1.37 bits per heavy atom. The standard InChI is InChI=1S/C15H20ClFN2/c1-2-11-9-18-7-3-4-13(18)10-19(11)12-5-6-14(16)15(17)8-12/h5-6,8,11,13H,2-4,7,9-10H2,1H3. The summed E-state index contributed by atoms with van der Waals surface area (Å²) in [7, 11) is 0. The number of fused-ring (bicyclic) bond motifs is 1. The van der Waals surface area contributed by atoms with Gasteiger partial charge in [-0.25, -0.2) is 4.39 Å². The number of benzene rings is 1. The number of nitrogens with zero attached hydrogens (tertiary/aromatic N) is 2. The van der Waals surface area contributed by atoms with Gasteiger partial charge in [-0.15, -0.1) is 0 Å². The molecule has 0 aliphatic carbocycles. The van der Waals surface area contributed by atoms with Gasteiger partial charge in [0.2, 0.25) is 0 Å². The molecule has 0 amide bonds. The summed E-state index contributed by atoms with van der Waals surface area (Å²) in [6.45, 7) is 5.55. The van der Waals surface area contributed by atoms with E-state index in [1.165, 1.54) is 19.4 Å². The average molecular weight is 283 g/mol. The largest absolute Gasteiger partial charge is 0.366 e. The maximum absolute atomic E-state index is 13.7. The predicted molar refractivity (Wildman–Crippen MR) is 77.4 cm³/mol. The minimum absolute atomic E-state index is 0.205. The van der Waals surface area contributed by atoms with Crippen molar-refractivity contribution < 1.29 is 4.39 Å². The van der Waals surface area contributed by atoms with Gasteiger partial charge in [-0.1, -0.05) is 18.5 Å². The molecule has 4 heteroatoms. The van der Waals surface area contributed by atoms with Gasteiger partial charge in [0.1, 0.15) is 5.82 Å². The Morgan fingerprint density at radius 3 is 2.95 bits per heavy atom. The van der Waals surface area contributed by atoms with Crippen LogP contribution in [0.25, 0.3) is 0 Å². The summed E-state index contributed by atoms with van der Waals surface area (Å²) in [5.74, 6) is -0.317. The lowest BCUT2D eigenvalue weighted by molar-refractivity contribution is 0.194. The van der Waals surface area contributed by atoms with E-state index in [1.807, 2.05) is 6.07 Å². The molecule has 2 aliphatic heterocycles. The molecule has 3 rings (SSSR count). The van der Waals surface area contributed by atoms with E-state index in [9.17, 15) is 4.39 Å². The maximum Gasteiger partial charge on any atom is 0.143 e. The number of halogens is 2. The highest BCUT2D eigenvalue weighted by Crippen LogP contribution is 2.31. The number of anilines is 1. The molecular weight excluding hydrogens is 263 g/mol. The zero-order valence-corrected chi connectivity index (χ0v) is 12.0. The lowest BCUT2D eigenvalue weighted by atomic mass is 10.0. The zero-order valence-electron chi connectivity index (χ0n) is 11.3. The van der Waals surface area contributed by atoms with E-state index >= 15 is 0 Å². The van der Waals surface area contributed by atoms with Crippen LogP contribution in [-0.2, 0) is 0 Å². The third-order valence-corrected chi connectivity index (χ3v) is 4.81. The van der Waals surface area contributed by atoms with E-state index in [1.54, 1.807) is 12.1 Å². The van der Waals surface area contributed by atoms with E-state index in [4.69, 9.17) is 11.6 Å². The average Bonchev–Trinajstić information content (AvgIpc) is 2.87. The van der Waals surface area contributed by atoms with Crippen molar-refractivity contribution in [2.24, 2.45) is 0 Å². The van der Waals surface area contributed by atoms with Gasteiger partial charge < -0.3 is 4.90 Å². The topological polar surface area (TPSA) is 6.48 Å². The fourth-order valence-corrected chi connectivity index (χ4v) is 3.53. The molecule has 0 spiro atoms. The molecule has 2 nitrogen and oxygen atoms in total. The molecule has 2 fully saturated rings. The Hall–Kier alpha value is -0.800. The van der Waals surface area contributed by atoms with Gasteiger partial charge in [0.05, 0.1) is 5.02 Å². The number of rotatable bonds is 2. The fourth-order valence-electron chi connectivity index (χ4n) is 3.42. The van der Waals surface area contributed by atoms with Gasteiger partial charge in [0, 0.05) is 30.9 Å².